The van der Waals surface area contributed by atoms with Crippen molar-refractivity contribution < 1.29 is 9.59 Å². The fraction of sp³-hybridized carbons (Fsp3) is 0.190. The largest absolute Gasteiger partial charge is 0.327 e. The normalized spacial score (nSPS) is 16.2. The number of anilines is 1. The van der Waals surface area contributed by atoms with Crippen molar-refractivity contribution in [2.24, 2.45) is 0 Å². The molecule has 2 aromatic carbocycles. The average Bonchev–Trinajstić information content (AvgIpc) is 3.38. The van der Waals surface area contributed by atoms with Crippen molar-refractivity contribution in [3.8, 4) is 5.69 Å². The van der Waals surface area contributed by atoms with E-state index in [0.29, 0.717) is 24.3 Å². The molecule has 28 heavy (non-hydrogen) atoms. The van der Waals surface area contributed by atoms with E-state index in [0.717, 1.165) is 16.6 Å². The van der Waals surface area contributed by atoms with Crippen molar-refractivity contribution in [3.63, 3.8) is 0 Å². The number of amides is 2. The SMILES string of the molecule is O=C(Nc1ccn(-c2ccccc2)n1)C1CCCN1C(=O)c1ccc(Br)cc1. The van der Waals surface area contributed by atoms with Crippen LogP contribution in [0.15, 0.2) is 71.3 Å². The number of nitrogens with zero attached hydrogens (tertiary/aromatic N) is 3. The highest BCUT2D eigenvalue weighted by atomic mass is 79.9. The number of nitrogens with one attached hydrogen (secondary N) is 1. The third kappa shape index (κ3) is 3.84. The van der Waals surface area contributed by atoms with Crippen LogP contribution in [-0.4, -0.2) is 39.1 Å². The van der Waals surface area contributed by atoms with Crippen LogP contribution in [0.4, 0.5) is 5.82 Å². The summed E-state index contributed by atoms with van der Waals surface area (Å²) < 4.78 is 2.61. The van der Waals surface area contributed by atoms with Gasteiger partial charge in [-0.05, 0) is 49.2 Å². The fourth-order valence-electron chi connectivity index (χ4n) is 3.37. The molecule has 6 nitrogen and oxygen atoms in total. The number of aromatic nitrogens is 2. The van der Waals surface area contributed by atoms with Crippen LogP contribution in [0, 0.1) is 0 Å². The molecule has 0 bridgehead atoms. The van der Waals surface area contributed by atoms with Crippen molar-refractivity contribution in [3.05, 3.63) is 76.9 Å². The number of para-hydroxylation sites is 1. The number of carbonyl (C=O) groups is 2. The third-order valence-electron chi connectivity index (χ3n) is 4.77. The smallest absolute Gasteiger partial charge is 0.254 e. The standard InChI is InChI=1S/C21H19BrN4O2/c22-16-10-8-15(9-11-16)21(28)25-13-4-7-18(25)20(27)23-19-12-14-26(24-19)17-5-2-1-3-6-17/h1-3,5-6,8-12,14,18H,4,7,13H2,(H,23,24,27). The minimum absolute atomic E-state index is 0.125. The van der Waals surface area contributed by atoms with E-state index in [1.54, 1.807) is 34.0 Å². The number of carbonyl (C=O) groups excluding carboxylic acids is 2. The summed E-state index contributed by atoms with van der Waals surface area (Å²) in [6, 6.07) is 18.1. The molecule has 7 heteroatoms. The zero-order valence-electron chi connectivity index (χ0n) is 15.1. The Bertz CT molecular complexity index is 985. The summed E-state index contributed by atoms with van der Waals surface area (Å²) in [6.45, 7) is 0.575. The molecule has 2 heterocycles. The third-order valence-corrected chi connectivity index (χ3v) is 5.30. The number of hydrogen-bond donors (Lipinski definition) is 1. The van der Waals surface area contributed by atoms with Gasteiger partial charge in [0.1, 0.15) is 6.04 Å². The minimum atomic E-state index is -0.488. The Balaban J connectivity index is 1.46. The second kappa shape index (κ2) is 7.98. The van der Waals surface area contributed by atoms with Gasteiger partial charge in [-0.15, -0.1) is 0 Å². The molecule has 1 N–H and O–H groups in total. The molecule has 0 spiro atoms. The van der Waals surface area contributed by atoms with Gasteiger partial charge in [-0.2, -0.15) is 5.10 Å². The molecule has 1 aromatic heterocycles. The topological polar surface area (TPSA) is 67.2 Å². The first-order chi connectivity index (χ1) is 13.6. The fourth-order valence-corrected chi connectivity index (χ4v) is 3.63. The summed E-state index contributed by atoms with van der Waals surface area (Å²) in [5, 5.41) is 7.25. The molecule has 1 atom stereocenters. The Morgan fingerprint density at radius 2 is 1.79 bits per heavy atom. The predicted octanol–water partition coefficient (Wildman–Crippen LogP) is 3.88. The monoisotopic (exact) mass is 438 g/mol. The summed E-state index contributed by atoms with van der Waals surface area (Å²) >= 11 is 3.37. The second-order valence-corrected chi connectivity index (χ2v) is 7.55. The van der Waals surface area contributed by atoms with E-state index in [2.05, 4.69) is 26.3 Å². The summed E-state index contributed by atoms with van der Waals surface area (Å²) in [5.74, 6) is 0.137. The number of likely N-dealkylation sites (tertiary alicyclic amines) is 1. The van der Waals surface area contributed by atoms with Crippen molar-refractivity contribution in [2.45, 2.75) is 18.9 Å². The Morgan fingerprint density at radius 3 is 2.54 bits per heavy atom. The number of benzene rings is 2. The van der Waals surface area contributed by atoms with E-state index in [1.165, 1.54) is 0 Å². The molecule has 0 radical (unpaired) electrons. The van der Waals surface area contributed by atoms with E-state index in [9.17, 15) is 9.59 Å². The molecule has 0 saturated carbocycles. The highest BCUT2D eigenvalue weighted by molar-refractivity contribution is 9.10. The van der Waals surface area contributed by atoms with Gasteiger partial charge in [-0.25, -0.2) is 4.68 Å². The Kier molecular flexibility index (Phi) is 5.25. The second-order valence-electron chi connectivity index (χ2n) is 6.63. The quantitative estimate of drug-likeness (QED) is 0.671. The lowest BCUT2D eigenvalue weighted by atomic mass is 10.1. The van der Waals surface area contributed by atoms with Gasteiger partial charge in [0.25, 0.3) is 5.91 Å². The van der Waals surface area contributed by atoms with Crippen LogP contribution in [0.25, 0.3) is 5.69 Å². The van der Waals surface area contributed by atoms with Crippen LogP contribution >= 0.6 is 15.9 Å². The van der Waals surface area contributed by atoms with Gasteiger partial charge in [-0.1, -0.05) is 34.1 Å². The first-order valence-electron chi connectivity index (χ1n) is 9.10. The van der Waals surface area contributed by atoms with Crippen molar-refractivity contribution in [2.75, 3.05) is 11.9 Å². The maximum atomic E-state index is 12.8. The summed E-state index contributed by atoms with van der Waals surface area (Å²) in [4.78, 5) is 27.3. The molecule has 142 valence electrons. The highest BCUT2D eigenvalue weighted by Gasteiger charge is 2.34. The van der Waals surface area contributed by atoms with Gasteiger partial charge in [0.15, 0.2) is 5.82 Å². The van der Waals surface area contributed by atoms with E-state index in [4.69, 9.17) is 0 Å². The van der Waals surface area contributed by atoms with Gasteiger partial charge >= 0.3 is 0 Å². The number of rotatable bonds is 4. The van der Waals surface area contributed by atoms with Crippen LogP contribution < -0.4 is 5.32 Å². The van der Waals surface area contributed by atoms with Gasteiger partial charge in [0.05, 0.1) is 5.69 Å². The molecular formula is C21H19BrN4O2. The first kappa shape index (κ1) is 18.4. The lowest BCUT2D eigenvalue weighted by Crippen LogP contribution is -2.43. The van der Waals surface area contributed by atoms with E-state index >= 15 is 0 Å². The molecule has 1 aliphatic rings. The van der Waals surface area contributed by atoms with E-state index < -0.39 is 6.04 Å². The van der Waals surface area contributed by atoms with Crippen LogP contribution in [0.5, 0.6) is 0 Å². The predicted molar refractivity (Wildman–Crippen MR) is 110 cm³/mol. The molecule has 1 saturated heterocycles. The maximum Gasteiger partial charge on any atom is 0.254 e. The van der Waals surface area contributed by atoms with Gasteiger partial charge in [0.2, 0.25) is 5.91 Å². The highest BCUT2D eigenvalue weighted by Crippen LogP contribution is 2.22. The average molecular weight is 439 g/mol. The molecule has 1 unspecified atom stereocenters. The molecule has 1 fully saturated rings. The minimum Gasteiger partial charge on any atom is -0.327 e. The molecule has 4 rings (SSSR count). The zero-order chi connectivity index (χ0) is 19.5. The molecule has 0 aliphatic carbocycles. The summed E-state index contributed by atoms with van der Waals surface area (Å²) in [6.07, 6.45) is 3.25. The maximum absolute atomic E-state index is 12.8. The molecule has 1 aliphatic heterocycles. The van der Waals surface area contributed by atoms with Crippen LogP contribution in [0.2, 0.25) is 0 Å². The first-order valence-corrected chi connectivity index (χ1v) is 9.89. The summed E-state index contributed by atoms with van der Waals surface area (Å²) in [5.41, 5.74) is 1.49. The van der Waals surface area contributed by atoms with E-state index in [-0.39, 0.29) is 11.8 Å². The van der Waals surface area contributed by atoms with Crippen LogP contribution in [0.1, 0.15) is 23.2 Å². The Morgan fingerprint density at radius 1 is 1.04 bits per heavy atom. The summed E-state index contributed by atoms with van der Waals surface area (Å²) in [7, 11) is 0. The number of halogens is 1. The number of hydrogen-bond acceptors (Lipinski definition) is 3. The lowest BCUT2D eigenvalue weighted by molar-refractivity contribution is -0.119. The van der Waals surface area contributed by atoms with Gasteiger partial charge < -0.3 is 10.2 Å². The Hall–Kier alpha value is -2.93. The zero-order valence-corrected chi connectivity index (χ0v) is 16.7. The van der Waals surface area contributed by atoms with E-state index in [1.807, 2.05) is 42.5 Å². The van der Waals surface area contributed by atoms with Crippen LogP contribution in [0.3, 0.4) is 0 Å². The molecule has 2 amide bonds. The Labute approximate surface area is 171 Å². The van der Waals surface area contributed by atoms with Crippen molar-refractivity contribution in [1.29, 1.82) is 0 Å². The lowest BCUT2D eigenvalue weighted by Gasteiger charge is -2.23. The van der Waals surface area contributed by atoms with Crippen molar-refractivity contribution >= 4 is 33.6 Å². The van der Waals surface area contributed by atoms with Gasteiger partial charge in [0, 0.05) is 28.8 Å². The molecular weight excluding hydrogens is 420 g/mol. The van der Waals surface area contributed by atoms with Gasteiger partial charge in [-0.3, -0.25) is 9.59 Å². The van der Waals surface area contributed by atoms with Crippen LogP contribution in [-0.2, 0) is 4.79 Å². The van der Waals surface area contributed by atoms with Crippen molar-refractivity contribution in [1.82, 2.24) is 14.7 Å². The molecule has 3 aromatic rings.